The molecule has 2 aromatic rings. The van der Waals surface area contributed by atoms with Gasteiger partial charge >= 0.3 is 0 Å². The van der Waals surface area contributed by atoms with Crippen molar-refractivity contribution in [1.82, 2.24) is 4.98 Å². The van der Waals surface area contributed by atoms with E-state index in [0.717, 1.165) is 23.4 Å². The Morgan fingerprint density at radius 2 is 2.12 bits per heavy atom. The summed E-state index contributed by atoms with van der Waals surface area (Å²) in [5.41, 5.74) is 12.7. The number of carbonyl (C=O) groups is 1. The van der Waals surface area contributed by atoms with E-state index in [2.05, 4.69) is 30.2 Å². The summed E-state index contributed by atoms with van der Waals surface area (Å²) in [4.78, 5) is 15.9. The molecule has 1 aromatic heterocycles. The third-order valence-corrected chi connectivity index (χ3v) is 5.23. The topological polar surface area (TPSA) is 70.9 Å². The number of amides is 1. The fraction of sp³-hybridized carbons (Fsp3) is 0.350. The lowest BCUT2D eigenvalue weighted by atomic mass is 9.80. The van der Waals surface area contributed by atoms with E-state index < -0.39 is 0 Å². The minimum absolute atomic E-state index is 0.0661. The van der Waals surface area contributed by atoms with Crippen molar-refractivity contribution in [3.63, 3.8) is 0 Å². The van der Waals surface area contributed by atoms with E-state index in [1.807, 2.05) is 24.3 Å². The van der Waals surface area contributed by atoms with Crippen molar-refractivity contribution in [1.29, 1.82) is 0 Å². The van der Waals surface area contributed by atoms with Crippen LogP contribution in [0.25, 0.3) is 11.6 Å². The molecular formula is C20H23N3O. The highest BCUT2D eigenvalue weighted by Crippen LogP contribution is 2.39. The fourth-order valence-corrected chi connectivity index (χ4v) is 4.00. The number of aromatic nitrogens is 1. The van der Waals surface area contributed by atoms with Crippen LogP contribution in [0.2, 0.25) is 0 Å². The van der Waals surface area contributed by atoms with Gasteiger partial charge in [-0.15, -0.1) is 0 Å². The highest BCUT2D eigenvalue weighted by molar-refractivity contribution is 6.35. The summed E-state index contributed by atoms with van der Waals surface area (Å²) >= 11 is 0. The molecule has 2 heterocycles. The molecule has 0 radical (unpaired) electrons. The molecule has 1 aliphatic heterocycles. The fourth-order valence-electron chi connectivity index (χ4n) is 4.00. The number of nitrogens with one attached hydrogen (secondary N) is 2. The molecule has 0 spiro atoms. The first kappa shape index (κ1) is 15.1. The number of fused-ring (bicyclic) bond motifs is 2. The lowest BCUT2D eigenvalue weighted by molar-refractivity contribution is -0.110. The molecule has 1 aliphatic carbocycles. The van der Waals surface area contributed by atoms with Gasteiger partial charge in [-0.1, -0.05) is 13.8 Å². The molecule has 4 heteroatoms. The second-order valence-corrected chi connectivity index (χ2v) is 7.22. The van der Waals surface area contributed by atoms with Gasteiger partial charge in [0.1, 0.15) is 0 Å². The highest BCUT2D eigenvalue weighted by Gasteiger charge is 2.27. The molecule has 124 valence electrons. The van der Waals surface area contributed by atoms with Crippen LogP contribution >= 0.6 is 0 Å². The molecule has 1 aromatic carbocycles. The van der Waals surface area contributed by atoms with E-state index in [-0.39, 0.29) is 5.91 Å². The maximum absolute atomic E-state index is 12.3. The van der Waals surface area contributed by atoms with Crippen LogP contribution in [0.1, 0.15) is 55.1 Å². The molecule has 0 fully saturated rings. The molecule has 0 bridgehead atoms. The third kappa shape index (κ3) is 2.42. The number of hydrogen-bond donors (Lipinski definition) is 3. The summed E-state index contributed by atoms with van der Waals surface area (Å²) in [6.45, 7) is 4.57. The van der Waals surface area contributed by atoms with Gasteiger partial charge in [0, 0.05) is 28.3 Å². The average molecular weight is 321 g/mol. The van der Waals surface area contributed by atoms with Gasteiger partial charge in [0.05, 0.1) is 5.57 Å². The molecule has 4 N–H and O–H groups in total. The number of aryl methyl sites for hydroxylation is 1. The number of aromatic amines is 1. The van der Waals surface area contributed by atoms with Crippen LogP contribution < -0.4 is 11.1 Å². The van der Waals surface area contributed by atoms with E-state index in [0.29, 0.717) is 23.1 Å². The van der Waals surface area contributed by atoms with Gasteiger partial charge in [0.2, 0.25) is 0 Å². The molecule has 2 aliphatic rings. The first-order valence-corrected chi connectivity index (χ1v) is 8.67. The molecule has 1 atom stereocenters. The van der Waals surface area contributed by atoms with Gasteiger partial charge in [-0.3, -0.25) is 4.79 Å². The van der Waals surface area contributed by atoms with Crippen molar-refractivity contribution >= 4 is 28.9 Å². The number of anilines is 2. The number of nitrogens with two attached hydrogens (primary N) is 1. The second-order valence-electron chi connectivity index (χ2n) is 7.22. The van der Waals surface area contributed by atoms with Crippen LogP contribution in [-0.4, -0.2) is 10.9 Å². The van der Waals surface area contributed by atoms with Gasteiger partial charge in [-0.2, -0.15) is 0 Å². The summed E-state index contributed by atoms with van der Waals surface area (Å²) in [7, 11) is 0. The summed E-state index contributed by atoms with van der Waals surface area (Å²) in [5.74, 6) is 1.18. The highest BCUT2D eigenvalue weighted by atomic mass is 16.2. The quantitative estimate of drug-likeness (QED) is 0.574. The SMILES string of the molecule is CC(C)C1CCCc2[nH]c(C=C3C(=O)Nc4ccc(N)cc43)cc21. The van der Waals surface area contributed by atoms with Crippen LogP contribution in [0.5, 0.6) is 0 Å². The number of rotatable bonds is 2. The van der Waals surface area contributed by atoms with E-state index in [9.17, 15) is 4.79 Å². The van der Waals surface area contributed by atoms with Crippen LogP contribution in [-0.2, 0) is 11.2 Å². The number of H-pyrrole nitrogens is 1. The minimum Gasteiger partial charge on any atom is -0.399 e. The lowest BCUT2D eigenvalue weighted by Crippen LogP contribution is -2.13. The van der Waals surface area contributed by atoms with Crippen molar-refractivity contribution < 1.29 is 4.79 Å². The second kappa shape index (κ2) is 5.55. The third-order valence-electron chi connectivity index (χ3n) is 5.23. The van der Waals surface area contributed by atoms with Gasteiger partial charge in [-0.25, -0.2) is 0 Å². The average Bonchev–Trinajstić information content (AvgIpc) is 3.08. The van der Waals surface area contributed by atoms with Crippen molar-refractivity contribution in [3.8, 4) is 0 Å². The monoisotopic (exact) mass is 321 g/mol. The first-order valence-electron chi connectivity index (χ1n) is 8.67. The minimum atomic E-state index is -0.0661. The van der Waals surface area contributed by atoms with Crippen LogP contribution in [0.3, 0.4) is 0 Å². The van der Waals surface area contributed by atoms with Crippen molar-refractivity contribution in [2.45, 2.75) is 39.0 Å². The Hall–Kier alpha value is -2.49. The molecule has 1 unspecified atom stereocenters. The van der Waals surface area contributed by atoms with Gasteiger partial charge in [-0.05, 0) is 67.0 Å². The Morgan fingerprint density at radius 3 is 2.92 bits per heavy atom. The lowest BCUT2D eigenvalue weighted by Gasteiger charge is -2.25. The van der Waals surface area contributed by atoms with Crippen LogP contribution in [0.15, 0.2) is 24.3 Å². The predicted molar refractivity (Wildman–Crippen MR) is 98.7 cm³/mol. The van der Waals surface area contributed by atoms with Crippen molar-refractivity contribution in [2.75, 3.05) is 11.1 Å². The normalized spacial score (nSPS) is 21.0. The molecule has 0 saturated heterocycles. The molecule has 1 amide bonds. The van der Waals surface area contributed by atoms with E-state index in [1.165, 1.54) is 24.1 Å². The largest absolute Gasteiger partial charge is 0.399 e. The van der Waals surface area contributed by atoms with Gasteiger partial charge in [0.25, 0.3) is 5.91 Å². The van der Waals surface area contributed by atoms with Crippen LogP contribution in [0, 0.1) is 5.92 Å². The zero-order valence-corrected chi connectivity index (χ0v) is 14.1. The maximum Gasteiger partial charge on any atom is 0.256 e. The molecule has 0 saturated carbocycles. The van der Waals surface area contributed by atoms with Gasteiger partial charge < -0.3 is 16.0 Å². The van der Waals surface area contributed by atoms with E-state index >= 15 is 0 Å². The van der Waals surface area contributed by atoms with E-state index in [4.69, 9.17) is 5.73 Å². The zero-order valence-electron chi connectivity index (χ0n) is 14.1. The Bertz CT molecular complexity index is 845. The summed E-state index contributed by atoms with van der Waals surface area (Å²) in [5, 5.41) is 2.91. The first-order chi connectivity index (χ1) is 11.5. The number of carbonyl (C=O) groups excluding carboxylic acids is 1. The number of nitrogen functional groups attached to an aromatic ring is 1. The Kier molecular flexibility index (Phi) is 3.48. The Balaban J connectivity index is 1.75. The molecule has 4 rings (SSSR count). The van der Waals surface area contributed by atoms with Crippen molar-refractivity contribution in [3.05, 3.63) is 46.8 Å². The Morgan fingerprint density at radius 1 is 1.29 bits per heavy atom. The maximum atomic E-state index is 12.3. The summed E-state index contributed by atoms with van der Waals surface area (Å²) in [6, 6.07) is 7.75. The standard InChI is InChI=1S/C20H23N3O/c1-11(2)14-4-3-5-18-16(14)9-13(22-18)10-17-15-8-12(21)6-7-19(15)23-20(17)24/h6-11,14,22H,3-5,21H2,1-2H3,(H,23,24). The summed E-state index contributed by atoms with van der Waals surface area (Å²) in [6.07, 6.45) is 5.53. The smallest absolute Gasteiger partial charge is 0.256 e. The van der Waals surface area contributed by atoms with Crippen molar-refractivity contribution in [2.24, 2.45) is 5.92 Å². The van der Waals surface area contributed by atoms with Gasteiger partial charge in [0.15, 0.2) is 0 Å². The number of hydrogen-bond acceptors (Lipinski definition) is 2. The van der Waals surface area contributed by atoms with Crippen LogP contribution in [0.4, 0.5) is 11.4 Å². The number of benzene rings is 1. The zero-order chi connectivity index (χ0) is 16.8. The molecule has 24 heavy (non-hydrogen) atoms. The predicted octanol–water partition coefficient (Wildman–Crippen LogP) is 4.17. The van der Waals surface area contributed by atoms with E-state index in [1.54, 1.807) is 0 Å². The Labute approximate surface area is 142 Å². The molecular weight excluding hydrogens is 298 g/mol. The summed E-state index contributed by atoms with van der Waals surface area (Å²) < 4.78 is 0. The molecule has 4 nitrogen and oxygen atoms in total.